The first kappa shape index (κ1) is 21.5. The topological polar surface area (TPSA) is 101 Å². The maximum atomic E-state index is 13.0. The van der Waals surface area contributed by atoms with E-state index in [0.29, 0.717) is 18.4 Å². The van der Waals surface area contributed by atoms with Gasteiger partial charge in [-0.25, -0.2) is 16.8 Å². The highest BCUT2D eigenvalue weighted by Crippen LogP contribution is 2.26. The van der Waals surface area contributed by atoms with Crippen LogP contribution in [0.2, 0.25) is 0 Å². The molecule has 7 nitrogen and oxygen atoms in total. The molecule has 0 bridgehead atoms. The van der Waals surface area contributed by atoms with E-state index in [2.05, 4.69) is 5.32 Å². The number of benzene rings is 2. The number of carbonyl (C=O) groups is 1. The van der Waals surface area contributed by atoms with E-state index in [-0.39, 0.29) is 34.8 Å². The third-order valence-electron chi connectivity index (χ3n) is 5.05. The fourth-order valence-corrected chi connectivity index (χ4v) is 6.51. The van der Waals surface area contributed by atoms with Gasteiger partial charge in [0.25, 0.3) is 5.91 Å². The van der Waals surface area contributed by atoms with E-state index in [4.69, 9.17) is 0 Å². The molecule has 156 valence electrons. The SMILES string of the molecule is Cc1ccccc1C(=O)NC1CCN(S(=O)(=O)c2ccccc2S(C)(=O)=O)CC1. The van der Waals surface area contributed by atoms with Crippen molar-refractivity contribution in [2.75, 3.05) is 19.3 Å². The average Bonchev–Trinajstić information content (AvgIpc) is 2.68. The Morgan fingerprint density at radius 1 is 0.931 bits per heavy atom. The van der Waals surface area contributed by atoms with Gasteiger partial charge in [-0.15, -0.1) is 0 Å². The number of piperidine rings is 1. The van der Waals surface area contributed by atoms with Crippen molar-refractivity contribution in [3.63, 3.8) is 0 Å². The number of rotatable bonds is 5. The van der Waals surface area contributed by atoms with Crippen molar-refractivity contribution in [2.24, 2.45) is 0 Å². The summed E-state index contributed by atoms with van der Waals surface area (Å²) in [7, 11) is -7.62. The molecule has 1 N–H and O–H groups in total. The van der Waals surface area contributed by atoms with Crippen LogP contribution in [0.25, 0.3) is 0 Å². The Kier molecular flexibility index (Phi) is 6.11. The number of sulfone groups is 1. The second-order valence-electron chi connectivity index (χ2n) is 7.19. The summed E-state index contributed by atoms with van der Waals surface area (Å²) in [6.45, 7) is 2.28. The van der Waals surface area contributed by atoms with E-state index in [1.807, 2.05) is 19.1 Å². The van der Waals surface area contributed by atoms with Crippen LogP contribution < -0.4 is 5.32 Å². The molecule has 0 aliphatic carbocycles. The van der Waals surface area contributed by atoms with Crippen LogP contribution in [-0.4, -0.2) is 52.4 Å². The van der Waals surface area contributed by atoms with Gasteiger partial charge in [0.05, 0.1) is 4.90 Å². The van der Waals surface area contributed by atoms with Gasteiger partial charge in [0.2, 0.25) is 10.0 Å². The van der Waals surface area contributed by atoms with Gasteiger partial charge in [-0.2, -0.15) is 4.31 Å². The molecule has 1 aliphatic rings. The normalized spacial score (nSPS) is 16.5. The number of nitrogens with one attached hydrogen (secondary N) is 1. The van der Waals surface area contributed by atoms with Crippen molar-refractivity contribution in [1.82, 2.24) is 9.62 Å². The van der Waals surface area contributed by atoms with E-state index < -0.39 is 19.9 Å². The Hall–Kier alpha value is -2.23. The van der Waals surface area contributed by atoms with Crippen LogP contribution in [0.4, 0.5) is 0 Å². The predicted molar refractivity (Wildman–Crippen MR) is 110 cm³/mol. The molecule has 0 spiro atoms. The molecule has 1 aliphatic heterocycles. The summed E-state index contributed by atoms with van der Waals surface area (Å²) >= 11 is 0. The third-order valence-corrected chi connectivity index (χ3v) is 8.29. The minimum Gasteiger partial charge on any atom is -0.349 e. The molecule has 9 heteroatoms. The predicted octanol–water partition coefficient (Wildman–Crippen LogP) is 1.98. The molecule has 0 aromatic heterocycles. The molecule has 2 aromatic carbocycles. The van der Waals surface area contributed by atoms with Gasteiger partial charge in [-0.1, -0.05) is 30.3 Å². The zero-order chi connectivity index (χ0) is 21.2. The van der Waals surface area contributed by atoms with Crippen LogP contribution >= 0.6 is 0 Å². The summed E-state index contributed by atoms with van der Waals surface area (Å²) in [6.07, 6.45) is 1.91. The summed E-state index contributed by atoms with van der Waals surface area (Å²) in [5.74, 6) is -0.174. The Morgan fingerprint density at radius 3 is 2.07 bits per heavy atom. The fourth-order valence-electron chi connectivity index (χ4n) is 3.44. The van der Waals surface area contributed by atoms with Crippen molar-refractivity contribution in [3.05, 3.63) is 59.7 Å². The maximum Gasteiger partial charge on any atom is 0.251 e. The van der Waals surface area contributed by atoms with Gasteiger partial charge in [0.15, 0.2) is 9.84 Å². The summed E-state index contributed by atoms with van der Waals surface area (Å²) in [6, 6.07) is 12.8. The highest BCUT2D eigenvalue weighted by atomic mass is 32.2. The fraction of sp³-hybridized carbons (Fsp3) is 0.350. The second-order valence-corrected chi connectivity index (χ2v) is 11.1. The number of aryl methyl sites for hydroxylation is 1. The van der Waals surface area contributed by atoms with Crippen molar-refractivity contribution in [3.8, 4) is 0 Å². The van der Waals surface area contributed by atoms with Crippen molar-refractivity contribution < 1.29 is 21.6 Å². The van der Waals surface area contributed by atoms with Crippen molar-refractivity contribution in [1.29, 1.82) is 0 Å². The van der Waals surface area contributed by atoms with E-state index in [1.54, 1.807) is 12.1 Å². The Labute approximate surface area is 171 Å². The molecular formula is C20H24N2O5S2. The van der Waals surface area contributed by atoms with E-state index in [1.165, 1.54) is 28.6 Å². The highest BCUT2D eigenvalue weighted by molar-refractivity contribution is 7.93. The summed E-state index contributed by atoms with van der Waals surface area (Å²) in [5, 5.41) is 2.97. The van der Waals surface area contributed by atoms with Crippen LogP contribution in [0.1, 0.15) is 28.8 Å². The van der Waals surface area contributed by atoms with Gasteiger partial charge in [-0.3, -0.25) is 4.79 Å². The molecule has 2 aromatic rings. The zero-order valence-corrected chi connectivity index (χ0v) is 18.0. The highest BCUT2D eigenvalue weighted by Gasteiger charge is 2.33. The first-order valence-corrected chi connectivity index (χ1v) is 12.6. The summed E-state index contributed by atoms with van der Waals surface area (Å²) in [5.41, 5.74) is 1.48. The Bertz CT molecular complexity index is 1120. The summed E-state index contributed by atoms with van der Waals surface area (Å²) < 4.78 is 51.3. The van der Waals surface area contributed by atoms with Gasteiger partial charge >= 0.3 is 0 Å². The quantitative estimate of drug-likeness (QED) is 0.772. The zero-order valence-electron chi connectivity index (χ0n) is 16.3. The average molecular weight is 437 g/mol. The molecule has 0 atom stereocenters. The lowest BCUT2D eigenvalue weighted by Gasteiger charge is -2.32. The van der Waals surface area contributed by atoms with Crippen LogP contribution in [-0.2, 0) is 19.9 Å². The lowest BCUT2D eigenvalue weighted by Crippen LogP contribution is -2.46. The largest absolute Gasteiger partial charge is 0.349 e. The number of carbonyl (C=O) groups excluding carboxylic acids is 1. The Morgan fingerprint density at radius 2 is 1.48 bits per heavy atom. The minimum atomic E-state index is -3.95. The third kappa shape index (κ3) is 4.68. The van der Waals surface area contributed by atoms with E-state index in [9.17, 15) is 21.6 Å². The molecular weight excluding hydrogens is 412 g/mol. The van der Waals surface area contributed by atoms with Crippen molar-refractivity contribution >= 4 is 25.8 Å². The number of amides is 1. The maximum absolute atomic E-state index is 13.0. The van der Waals surface area contributed by atoms with Gasteiger partial charge in [0, 0.05) is 31.0 Å². The molecule has 0 radical (unpaired) electrons. The van der Waals surface area contributed by atoms with Gasteiger partial charge < -0.3 is 5.32 Å². The number of sulfonamides is 1. The minimum absolute atomic E-state index is 0.140. The van der Waals surface area contributed by atoms with Gasteiger partial charge in [-0.05, 0) is 43.5 Å². The molecule has 1 saturated heterocycles. The standard InChI is InChI=1S/C20H24N2O5S2/c1-15-7-3-4-8-17(15)20(23)21-16-11-13-22(14-12-16)29(26,27)19-10-6-5-9-18(19)28(2,24)25/h3-10,16H,11-14H2,1-2H3,(H,21,23). The lowest BCUT2D eigenvalue weighted by atomic mass is 10.0. The molecule has 29 heavy (non-hydrogen) atoms. The Balaban J connectivity index is 1.71. The molecule has 0 saturated carbocycles. The molecule has 1 fully saturated rings. The first-order valence-electron chi connectivity index (χ1n) is 9.26. The van der Waals surface area contributed by atoms with Crippen LogP contribution in [0.5, 0.6) is 0 Å². The molecule has 1 amide bonds. The smallest absolute Gasteiger partial charge is 0.251 e. The second kappa shape index (κ2) is 8.25. The monoisotopic (exact) mass is 436 g/mol. The van der Waals surface area contributed by atoms with Gasteiger partial charge in [0.1, 0.15) is 4.90 Å². The number of hydrogen-bond donors (Lipinski definition) is 1. The molecule has 3 rings (SSSR count). The first-order chi connectivity index (χ1) is 13.6. The van der Waals surface area contributed by atoms with Crippen LogP contribution in [0.15, 0.2) is 58.3 Å². The van der Waals surface area contributed by atoms with Crippen molar-refractivity contribution in [2.45, 2.75) is 35.6 Å². The van der Waals surface area contributed by atoms with E-state index in [0.717, 1.165) is 11.8 Å². The van der Waals surface area contributed by atoms with E-state index >= 15 is 0 Å². The molecule has 0 unspecified atom stereocenters. The lowest BCUT2D eigenvalue weighted by molar-refractivity contribution is 0.0923. The summed E-state index contributed by atoms with van der Waals surface area (Å²) in [4.78, 5) is 12.1. The number of nitrogens with zero attached hydrogens (tertiary/aromatic N) is 1. The van der Waals surface area contributed by atoms with Crippen LogP contribution in [0.3, 0.4) is 0 Å². The van der Waals surface area contributed by atoms with Crippen LogP contribution in [0, 0.1) is 6.92 Å². The number of hydrogen-bond acceptors (Lipinski definition) is 5. The molecule has 1 heterocycles.